The first kappa shape index (κ1) is 12.3. The van der Waals surface area contributed by atoms with E-state index < -0.39 is 11.6 Å². The van der Waals surface area contributed by atoms with E-state index in [0.29, 0.717) is 18.1 Å². The highest BCUT2D eigenvalue weighted by molar-refractivity contribution is 5.38. The average molecular weight is 242 g/mol. The van der Waals surface area contributed by atoms with Crippen molar-refractivity contribution in [3.8, 4) is 5.75 Å². The van der Waals surface area contributed by atoms with Gasteiger partial charge in [0.2, 0.25) is 0 Å². The van der Waals surface area contributed by atoms with Crippen molar-refractivity contribution < 1.29 is 18.6 Å². The second-order valence-corrected chi connectivity index (χ2v) is 4.64. The van der Waals surface area contributed by atoms with E-state index in [0.717, 1.165) is 18.9 Å². The summed E-state index contributed by atoms with van der Waals surface area (Å²) in [6.45, 7) is 2.01. The minimum absolute atomic E-state index is 0.0832. The number of hydrogen-bond donors (Lipinski definition) is 1. The number of rotatable bonds is 5. The van der Waals surface area contributed by atoms with E-state index in [1.54, 1.807) is 6.92 Å². The molecule has 2 rings (SSSR count). The van der Waals surface area contributed by atoms with Crippen molar-refractivity contribution in [1.82, 2.24) is 0 Å². The van der Waals surface area contributed by atoms with Crippen molar-refractivity contribution in [2.75, 3.05) is 13.2 Å². The Morgan fingerprint density at radius 2 is 2.12 bits per heavy atom. The molecule has 17 heavy (non-hydrogen) atoms. The topological polar surface area (TPSA) is 29.5 Å². The lowest BCUT2D eigenvalue weighted by atomic mass is 10.0. The van der Waals surface area contributed by atoms with E-state index in [4.69, 9.17) is 9.84 Å². The van der Waals surface area contributed by atoms with Gasteiger partial charge >= 0.3 is 0 Å². The zero-order chi connectivity index (χ0) is 12.4. The van der Waals surface area contributed by atoms with Gasteiger partial charge < -0.3 is 9.84 Å². The van der Waals surface area contributed by atoms with E-state index in [1.807, 2.05) is 0 Å². The molecule has 1 saturated carbocycles. The van der Waals surface area contributed by atoms with Gasteiger partial charge in [-0.3, -0.25) is 0 Å². The maximum atomic E-state index is 13.6. The van der Waals surface area contributed by atoms with Gasteiger partial charge in [0.1, 0.15) is 5.82 Å². The minimum atomic E-state index is -0.694. The zero-order valence-electron chi connectivity index (χ0n) is 9.75. The Labute approximate surface area is 99.2 Å². The normalized spacial score (nSPS) is 16.9. The SMILES string of the molecule is CC(CO)c1cc(F)cc(F)c1OCC1CC1. The highest BCUT2D eigenvalue weighted by atomic mass is 19.1. The van der Waals surface area contributed by atoms with Gasteiger partial charge in [0.05, 0.1) is 6.61 Å². The second-order valence-electron chi connectivity index (χ2n) is 4.64. The third-order valence-electron chi connectivity index (χ3n) is 3.00. The molecule has 1 unspecified atom stereocenters. The highest BCUT2D eigenvalue weighted by Gasteiger charge is 2.24. The molecule has 1 aromatic rings. The van der Waals surface area contributed by atoms with E-state index >= 15 is 0 Å². The van der Waals surface area contributed by atoms with E-state index in [1.165, 1.54) is 6.07 Å². The molecule has 0 spiro atoms. The fourth-order valence-corrected chi connectivity index (χ4v) is 1.68. The molecule has 1 fully saturated rings. The van der Waals surface area contributed by atoms with Gasteiger partial charge in [-0.2, -0.15) is 0 Å². The molecule has 1 aliphatic carbocycles. The molecule has 94 valence electrons. The molecule has 0 aliphatic heterocycles. The Bertz CT molecular complexity index is 403. The molecule has 1 aromatic carbocycles. The summed E-state index contributed by atoms with van der Waals surface area (Å²) < 4.78 is 32.2. The van der Waals surface area contributed by atoms with Gasteiger partial charge in [-0.1, -0.05) is 6.92 Å². The number of halogens is 2. The summed E-state index contributed by atoms with van der Waals surface area (Å²) in [6, 6.07) is 2.04. The molecule has 1 N–H and O–H groups in total. The maximum Gasteiger partial charge on any atom is 0.168 e. The molecular formula is C13H16F2O2. The van der Waals surface area contributed by atoms with Crippen LogP contribution in [0.5, 0.6) is 5.75 Å². The van der Waals surface area contributed by atoms with Crippen LogP contribution in [-0.2, 0) is 0 Å². The Kier molecular flexibility index (Phi) is 3.62. The maximum absolute atomic E-state index is 13.6. The van der Waals surface area contributed by atoms with Crippen LogP contribution < -0.4 is 4.74 Å². The summed E-state index contributed by atoms with van der Waals surface area (Å²) in [6.07, 6.45) is 2.21. The van der Waals surface area contributed by atoms with Gasteiger partial charge in [-0.05, 0) is 24.8 Å². The Morgan fingerprint density at radius 1 is 1.41 bits per heavy atom. The van der Waals surface area contributed by atoms with Crippen LogP contribution in [0.15, 0.2) is 12.1 Å². The third kappa shape index (κ3) is 2.94. The average Bonchev–Trinajstić information content (AvgIpc) is 3.09. The lowest BCUT2D eigenvalue weighted by Gasteiger charge is -2.16. The van der Waals surface area contributed by atoms with E-state index in [2.05, 4.69) is 0 Å². The minimum Gasteiger partial charge on any atom is -0.490 e. The molecule has 0 radical (unpaired) electrons. The van der Waals surface area contributed by atoms with Gasteiger partial charge in [0.25, 0.3) is 0 Å². The summed E-state index contributed by atoms with van der Waals surface area (Å²) in [5.41, 5.74) is 0.394. The summed E-state index contributed by atoms with van der Waals surface area (Å²) in [5, 5.41) is 9.08. The standard InChI is InChI=1S/C13H16F2O2/c1-8(6-16)11-4-10(14)5-12(15)13(11)17-7-9-2-3-9/h4-5,8-9,16H,2-3,6-7H2,1H3. The smallest absolute Gasteiger partial charge is 0.168 e. The van der Waals surface area contributed by atoms with Gasteiger partial charge in [-0.15, -0.1) is 0 Å². The first-order valence-corrected chi connectivity index (χ1v) is 5.84. The van der Waals surface area contributed by atoms with Gasteiger partial charge in [-0.25, -0.2) is 8.78 Å². The predicted octanol–water partition coefficient (Wildman–Crippen LogP) is 2.85. The molecular weight excluding hydrogens is 226 g/mol. The van der Waals surface area contributed by atoms with Gasteiger partial charge in [0, 0.05) is 24.2 Å². The lowest BCUT2D eigenvalue weighted by Crippen LogP contribution is -2.08. The summed E-state index contributed by atoms with van der Waals surface area (Å²) in [7, 11) is 0. The largest absolute Gasteiger partial charge is 0.490 e. The quantitative estimate of drug-likeness (QED) is 0.860. The second kappa shape index (κ2) is 5.00. The van der Waals surface area contributed by atoms with Crippen LogP contribution in [0.4, 0.5) is 8.78 Å². The monoisotopic (exact) mass is 242 g/mol. The first-order chi connectivity index (χ1) is 8.11. The fraction of sp³-hybridized carbons (Fsp3) is 0.538. The number of aliphatic hydroxyl groups is 1. The van der Waals surface area contributed by atoms with Crippen molar-refractivity contribution in [1.29, 1.82) is 0 Å². The van der Waals surface area contributed by atoms with Crippen LogP contribution in [0.2, 0.25) is 0 Å². The number of hydrogen-bond acceptors (Lipinski definition) is 2. The van der Waals surface area contributed by atoms with Crippen LogP contribution in [0.1, 0.15) is 31.2 Å². The zero-order valence-corrected chi connectivity index (χ0v) is 9.75. The first-order valence-electron chi connectivity index (χ1n) is 5.84. The van der Waals surface area contributed by atoms with Crippen LogP contribution in [-0.4, -0.2) is 18.3 Å². The Balaban J connectivity index is 2.24. The Morgan fingerprint density at radius 3 is 2.71 bits per heavy atom. The highest BCUT2D eigenvalue weighted by Crippen LogP contribution is 2.34. The van der Waals surface area contributed by atoms with Crippen molar-refractivity contribution in [2.45, 2.75) is 25.7 Å². The molecule has 4 heteroatoms. The van der Waals surface area contributed by atoms with Crippen LogP contribution in [0, 0.1) is 17.6 Å². The Hall–Kier alpha value is -1.16. The molecule has 0 bridgehead atoms. The molecule has 1 atom stereocenters. The van der Waals surface area contributed by atoms with Crippen molar-refractivity contribution in [3.05, 3.63) is 29.3 Å². The van der Waals surface area contributed by atoms with Crippen LogP contribution in [0.25, 0.3) is 0 Å². The van der Waals surface area contributed by atoms with E-state index in [-0.39, 0.29) is 18.3 Å². The number of ether oxygens (including phenoxy) is 1. The molecule has 1 aliphatic rings. The number of aliphatic hydroxyl groups excluding tert-OH is 1. The van der Waals surface area contributed by atoms with Crippen molar-refractivity contribution in [2.24, 2.45) is 5.92 Å². The molecule has 0 amide bonds. The molecule has 0 heterocycles. The van der Waals surface area contributed by atoms with Crippen molar-refractivity contribution >= 4 is 0 Å². The van der Waals surface area contributed by atoms with Crippen LogP contribution >= 0.6 is 0 Å². The van der Waals surface area contributed by atoms with E-state index in [9.17, 15) is 8.78 Å². The number of benzene rings is 1. The van der Waals surface area contributed by atoms with Crippen LogP contribution in [0.3, 0.4) is 0 Å². The molecule has 2 nitrogen and oxygen atoms in total. The molecule has 0 aromatic heterocycles. The summed E-state index contributed by atoms with van der Waals surface area (Å²) in [4.78, 5) is 0. The summed E-state index contributed by atoms with van der Waals surface area (Å²) >= 11 is 0. The van der Waals surface area contributed by atoms with Gasteiger partial charge in [0.15, 0.2) is 11.6 Å². The fourth-order valence-electron chi connectivity index (χ4n) is 1.68. The molecule has 0 saturated heterocycles. The predicted molar refractivity (Wildman–Crippen MR) is 60.1 cm³/mol. The third-order valence-corrected chi connectivity index (χ3v) is 3.00. The summed E-state index contributed by atoms with van der Waals surface area (Å²) in [5.74, 6) is -1.09. The lowest BCUT2D eigenvalue weighted by molar-refractivity contribution is 0.255. The van der Waals surface area contributed by atoms with Crippen molar-refractivity contribution in [3.63, 3.8) is 0 Å².